The van der Waals surface area contributed by atoms with Crippen molar-refractivity contribution in [1.82, 2.24) is 0 Å². The molecular weight excluding hydrogens is 604 g/mol. The maximum atomic E-state index is 13.0. The molecule has 49 heavy (non-hydrogen) atoms. The average Bonchev–Trinajstić information content (AvgIpc) is 3.39. The summed E-state index contributed by atoms with van der Waals surface area (Å²) in [6, 6.07) is 26.3. The van der Waals surface area contributed by atoms with Crippen molar-refractivity contribution >= 4 is 39.1 Å². The van der Waals surface area contributed by atoms with Crippen molar-refractivity contribution in [3.8, 4) is 0 Å². The maximum absolute atomic E-state index is 13.0. The Bertz CT molecular complexity index is 2090. The van der Waals surface area contributed by atoms with Crippen molar-refractivity contribution in [3.05, 3.63) is 131 Å². The van der Waals surface area contributed by atoms with Gasteiger partial charge in [0.2, 0.25) is 0 Å². The molecule has 252 valence electrons. The summed E-state index contributed by atoms with van der Waals surface area (Å²) >= 11 is 0. The van der Waals surface area contributed by atoms with Crippen molar-refractivity contribution in [2.45, 2.75) is 83.8 Å². The van der Waals surface area contributed by atoms with E-state index in [2.05, 4.69) is 149 Å². The SMILES string of the molecule is CC(C)OC(=O)OC1=C(/C=C/C2N(C)c3ccc4ccccc4c3C2(C)C)CCC/C1=C\C=C1\N(C)c2ccc3ccccc3c2C1(C)C. The first-order valence-corrected chi connectivity index (χ1v) is 17.6. The summed E-state index contributed by atoms with van der Waals surface area (Å²) in [7, 11) is 4.33. The molecule has 4 aromatic carbocycles. The topological polar surface area (TPSA) is 42.0 Å². The number of likely N-dealkylation sites (N-methyl/N-ethyl adjacent to an activating group) is 2. The molecule has 1 atom stereocenters. The molecule has 3 aliphatic rings. The van der Waals surface area contributed by atoms with Crippen molar-refractivity contribution in [2.75, 3.05) is 23.9 Å². The van der Waals surface area contributed by atoms with Gasteiger partial charge in [0.15, 0.2) is 0 Å². The molecule has 0 aromatic heterocycles. The number of ether oxygens (including phenoxy) is 2. The normalized spacial score (nSPS) is 21.4. The van der Waals surface area contributed by atoms with E-state index in [1.165, 1.54) is 49.7 Å². The first kappa shape index (κ1) is 32.8. The molecule has 4 aromatic rings. The minimum absolute atomic E-state index is 0.127. The fraction of sp³-hybridized carbons (Fsp3) is 0.341. The highest BCUT2D eigenvalue weighted by Gasteiger charge is 2.43. The highest BCUT2D eigenvalue weighted by Crippen LogP contribution is 2.51. The summed E-state index contributed by atoms with van der Waals surface area (Å²) in [5.41, 5.74) is 8.11. The summed E-state index contributed by atoms with van der Waals surface area (Å²) in [5.74, 6) is 0.618. The van der Waals surface area contributed by atoms with Crippen LogP contribution in [0.2, 0.25) is 0 Å². The van der Waals surface area contributed by atoms with Crippen LogP contribution in [0.1, 0.15) is 71.9 Å². The van der Waals surface area contributed by atoms with Gasteiger partial charge < -0.3 is 19.3 Å². The lowest BCUT2D eigenvalue weighted by atomic mass is 9.78. The molecule has 0 radical (unpaired) electrons. The van der Waals surface area contributed by atoms with Crippen molar-refractivity contribution < 1.29 is 14.3 Å². The number of anilines is 2. The van der Waals surface area contributed by atoms with Gasteiger partial charge in [-0.15, -0.1) is 0 Å². The third kappa shape index (κ3) is 5.53. The monoisotopic (exact) mass is 652 g/mol. The van der Waals surface area contributed by atoms with E-state index in [1.54, 1.807) is 0 Å². The minimum Gasteiger partial charge on any atom is -0.431 e. The molecule has 5 nitrogen and oxygen atoms in total. The largest absolute Gasteiger partial charge is 0.514 e. The Kier molecular flexibility index (Phi) is 8.21. The van der Waals surface area contributed by atoms with Gasteiger partial charge in [0, 0.05) is 42.0 Å². The summed E-state index contributed by atoms with van der Waals surface area (Å²) in [4.78, 5) is 17.7. The van der Waals surface area contributed by atoms with E-state index in [-0.39, 0.29) is 23.0 Å². The highest BCUT2D eigenvalue weighted by atomic mass is 16.7. The number of hydrogen-bond donors (Lipinski definition) is 0. The van der Waals surface area contributed by atoms with Gasteiger partial charge in [-0.05, 0) is 95.1 Å². The molecule has 7 rings (SSSR count). The molecule has 2 aliphatic heterocycles. The zero-order valence-electron chi connectivity index (χ0n) is 30.1. The lowest BCUT2D eigenvalue weighted by Gasteiger charge is -2.30. The Hall–Kier alpha value is -4.77. The molecule has 2 heterocycles. The molecular formula is C44H48N2O3. The average molecular weight is 653 g/mol. The zero-order valence-corrected chi connectivity index (χ0v) is 30.1. The lowest BCUT2D eigenvalue weighted by molar-refractivity contribution is 0.0537. The van der Waals surface area contributed by atoms with Crippen LogP contribution in [0.3, 0.4) is 0 Å². The summed E-state index contributed by atoms with van der Waals surface area (Å²) < 4.78 is 11.6. The molecule has 0 saturated carbocycles. The van der Waals surface area contributed by atoms with Crippen LogP contribution < -0.4 is 9.80 Å². The first-order valence-electron chi connectivity index (χ1n) is 17.6. The van der Waals surface area contributed by atoms with Gasteiger partial charge in [0.1, 0.15) is 5.76 Å². The zero-order chi connectivity index (χ0) is 34.7. The van der Waals surface area contributed by atoms with Crippen LogP contribution in [0.15, 0.2) is 120 Å². The Balaban J connectivity index is 1.27. The molecule has 1 unspecified atom stereocenters. The van der Waals surface area contributed by atoms with Gasteiger partial charge in [0.25, 0.3) is 0 Å². The number of rotatable bonds is 5. The molecule has 0 saturated heterocycles. The summed E-state index contributed by atoms with van der Waals surface area (Å²) in [6.07, 6.45) is 10.6. The Labute approximate surface area is 291 Å². The van der Waals surface area contributed by atoms with Crippen LogP contribution in [0.25, 0.3) is 21.5 Å². The number of benzene rings is 4. The van der Waals surface area contributed by atoms with Crippen LogP contribution in [0.4, 0.5) is 16.2 Å². The second-order valence-electron chi connectivity index (χ2n) is 15.2. The summed E-state index contributed by atoms with van der Waals surface area (Å²) in [5, 5.41) is 5.10. The number of hydrogen-bond acceptors (Lipinski definition) is 5. The van der Waals surface area contributed by atoms with E-state index < -0.39 is 6.16 Å². The predicted molar refractivity (Wildman–Crippen MR) is 203 cm³/mol. The third-order valence-electron chi connectivity index (χ3n) is 10.9. The number of fused-ring (bicyclic) bond motifs is 6. The fourth-order valence-electron chi connectivity index (χ4n) is 8.61. The van der Waals surface area contributed by atoms with E-state index in [0.29, 0.717) is 5.76 Å². The highest BCUT2D eigenvalue weighted by molar-refractivity contribution is 5.95. The number of carbonyl (C=O) groups excluding carboxylic acids is 1. The number of allylic oxidation sites excluding steroid dienone is 6. The Morgan fingerprint density at radius 2 is 1.45 bits per heavy atom. The number of nitrogens with zero attached hydrogens (tertiary/aromatic N) is 2. The smallest absolute Gasteiger partial charge is 0.431 e. The van der Waals surface area contributed by atoms with Gasteiger partial charge in [-0.25, -0.2) is 4.79 Å². The lowest BCUT2D eigenvalue weighted by Crippen LogP contribution is -2.37. The van der Waals surface area contributed by atoms with Crippen LogP contribution >= 0.6 is 0 Å². The minimum atomic E-state index is -0.661. The fourth-order valence-corrected chi connectivity index (χ4v) is 8.61. The van der Waals surface area contributed by atoms with E-state index in [0.717, 1.165) is 30.4 Å². The molecule has 0 N–H and O–H groups in total. The van der Waals surface area contributed by atoms with E-state index in [9.17, 15) is 4.79 Å². The van der Waals surface area contributed by atoms with E-state index in [1.807, 2.05) is 13.8 Å². The quantitative estimate of drug-likeness (QED) is 0.201. The van der Waals surface area contributed by atoms with Crippen molar-refractivity contribution in [1.29, 1.82) is 0 Å². The van der Waals surface area contributed by atoms with Crippen molar-refractivity contribution in [3.63, 3.8) is 0 Å². The third-order valence-corrected chi connectivity index (χ3v) is 10.9. The second kappa shape index (κ2) is 12.3. The van der Waals surface area contributed by atoms with Crippen LogP contribution in [0.5, 0.6) is 0 Å². The maximum Gasteiger partial charge on any atom is 0.514 e. The van der Waals surface area contributed by atoms with Crippen LogP contribution in [-0.4, -0.2) is 32.4 Å². The summed E-state index contributed by atoms with van der Waals surface area (Å²) in [6.45, 7) is 13.0. The Morgan fingerprint density at radius 1 is 0.816 bits per heavy atom. The van der Waals surface area contributed by atoms with E-state index in [4.69, 9.17) is 9.47 Å². The second-order valence-corrected chi connectivity index (χ2v) is 15.2. The van der Waals surface area contributed by atoms with Gasteiger partial charge in [-0.3, -0.25) is 0 Å². The molecule has 0 bridgehead atoms. The molecule has 0 spiro atoms. The predicted octanol–water partition coefficient (Wildman–Crippen LogP) is 10.9. The standard InChI is InChI=1S/C44H48N2O3/c1-28(2)48-42(47)49-41-31(22-26-37-43(3,4)39-33-18-11-9-14-29(33)20-24-35(39)45(37)7)16-13-17-32(41)23-27-38-44(5,6)40-34-19-12-10-15-30(34)21-25-36(40)46(38)8/h9-12,14-15,18-28,37H,13,16-17H2,1-8H3/b26-22+,32-23+,38-27+. The van der Waals surface area contributed by atoms with Gasteiger partial charge in [0.05, 0.1) is 12.1 Å². The van der Waals surface area contributed by atoms with E-state index >= 15 is 0 Å². The van der Waals surface area contributed by atoms with Gasteiger partial charge in [-0.1, -0.05) is 107 Å². The van der Waals surface area contributed by atoms with Crippen LogP contribution in [-0.2, 0) is 20.3 Å². The Morgan fingerprint density at radius 3 is 2.12 bits per heavy atom. The number of carbonyl (C=O) groups is 1. The molecule has 1 aliphatic carbocycles. The molecule has 0 fully saturated rings. The van der Waals surface area contributed by atoms with Crippen molar-refractivity contribution in [2.24, 2.45) is 0 Å². The van der Waals surface area contributed by atoms with Crippen LogP contribution in [0, 0.1) is 0 Å². The molecule has 0 amide bonds. The van der Waals surface area contributed by atoms with Gasteiger partial charge >= 0.3 is 6.16 Å². The van der Waals surface area contributed by atoms with Gasteiger partial charge in [-0.2, -0.15) is 0 Å². The first-order chi connectivity index (χ1) is 23.4. The molecule has 5 heteroatoms.